The summed E-state index contributed by atoms with van der Waals surface area (Å²) >= 11 is 0. The largest absolute Gasteiger partial charge is 0.396 e. The van der Waals surface area contributed by atoms with E-state index in [1.54, 1.807) is 0 Å². The first-order valence-corrected chi connectivity index (χ1v) is 6.21. The Kier molecular flexibility index (Phi) is 6.19. The molecule has 92 valence electrons. The molecule has 1 heterocycles. The van der Waals surface area contributed by atoms with Gasteiger partial charge in [-0.15, -0.1) is 0 Å². The van der Waals surface area contributed by atoms with Crippen molar-refractivity contribution in [1.82, 2.24) is 9.88 Å². The maximum Gasteiger partial charge on any atom is 0.0431 e. The lowest BCUT2D eigenvalue weighted by atomic mass is 10.2. The van der Waals surface area contributed by atoms with Gasteiger partial charge in [-0.2, -0.15) is 0 Å². The molecule has 0 atom stereocenters. The van der Waals surface area contributed by atoms with Gasteiger partial charge in [0.25, 0.3) is 0 Å². The van der Waals surface area contributed by atoms with E-state index in [2.05, 4.69) is 42.2 Å². The van der Waals surface area contributed by atoms with Gasteiger partial charge in [-0.05, 0) is 30.9 Å². The molecule has 0 amide bonds. The first-order chi connectivity index (χ1) is 7.72. The summed E-state index contributed by atoms with van der Waals surface area (Å²) in [6.45, 7) is 6.63. The number of nitrogens with one attached hydrogen (secondary N) is 1. The molecule has 2 N–H and O–H groups in total. The number of hydrogen-bond acceptors (Lipinski definition) is 2. The van der Waals surface area contributed by atoms with E-state index in [4.69, 9.17) is 5.11 Å². The number of hydrogen-bond donors (Lipinski definition) is 2. The van der Waals surface area contributed by atoms with Crippen LogP contribution in [0, 0.1) is 0 Å². The van der Waals surface area contributed by atoms with Gasteiger partial charge in [-0.3, -0.25) is 0 Å². The smallest absolute Gasteiger partial charge is 0.0431 e. The second-order valence-electron chi connectivity index (χ2n) is 4.58. The number of nitrogens with zero attached hydrogens (tertiary/aromatic N) is 1. The van der Waals surface area contributed by atoms with Gasteiger partial charge in [0.15, 0.2) is 0 Å². The highest BCUT2D eigenvalue weighted by Crippen LogP contribution is 2.04. The molecule has 1 aromatic heterocycles. The highest BCUT2D eigenvalue weighted by molar-refractivity contribution is 5.09. The average Bonchev–Trinajstić information content (AvgIpc) is 2.70. The molecule has 0 saturated heterocycles. The molecule has 0 aromatic carbocycles. The van der Waals surface area contributed by atoms with Crippen molar-refractivity contribution in [3.05, 3.63) is 24.0 Å². The van der Waals surface area contributed by atoms with Crippen LogP contribution < -0.4 is 5.32 Å². The van der Waals surface area contributed by atoms with Crippen LogP contribution in [0.15, 0.2) is 18.5 Å². The quantitative estimate of drug-likeness (QED) is 0.664. The Morgan fingerprint density at radius 2 is 2.12 bits per heavy atom. The van der Waals surface area contributed by atoms with E-state index in [0.717, 1.165) is 32.4 Å². The van der Waals surface area contributed by atoms with Gasteiger partial charge in [0.2, 0.25) is 0 Å². The maximum absolute atomic E-state index is 8.67. The van der Waals surface area contributed by atoms with Crippen LogP contribution in [0.2, 0.25) is 0 Å². The summed E-state index contributed by atoms with van der Waals surface area (Å²) in [5, 5.41) is 12.1. The van der Waals surface area contributed by atoms with Crippen molar-refractivity contribution < 1.29 is 5.11 Å². The van der Waals surface area contributed by atoms with E-state index in [-0.39, 0.29) is 0 Å². The summed E-state index contributed by atoms with van der Waals surface area (Å²) in [5.74, 6) is 0. The van der Waals surface area contributed by atoms with Crippen LogP contribution >= 0.6 is 0 Å². The lowest BCUT2D eigenvalue weighted by Crippen LogP contribution is -2.21. The van der Waals surface area contributed by atoms with Gasteiger partial charge in [0.1, 0.15) is 0 Å². The van der Waals surface area contributed by atoms with E-state index in [9.17, 15) is 0 Å². The molecular weight excluding hydrogens is 200 g/mol. The van der Waals surface area contributed by atoms with Gasteiger partial charge in [0.05, 0.1) is 0 Å². The van der Waals surface area contributed by atoms with E-state index >= 15 is 0 Å². The number of aromatic nitrogens is 1. The SMILES string of the molecule is CC(C)NCc1ccn(CCCCCO)c1. The van der Waals surface area contributed by atoms with Crippen molar-refractivity contribution in [1.29, 1.82) is 0 Å². The topological polar surface area (TPSA) is 37.2 Å². The monoisotopic (exact) mass is 224 g/mol. The molecule has 1 aromatic rings. The molecule has 0 aliphatic heterocycles. The molecule has 0 spiro atoms. The fourth-order valence-electron chi connectivity index (χ4n) is 1.64. The normalized spacial score (nSPS) is 11.2. The summed E-state index contributed by atoms with van der Waals surface area (Å²) in [6.07, 6.45) is 7.51. The van der Waals surface area contributed by atoms with Gasteiger partial charge < -0.3 is 15.0 Å². The molecule has 16 heavy (non-hydrogen) atoms. The Labute approximate surface area is 98.5 Å². The number of unbranched alkanes of at least 4 members (excludes halogenated alkanes) is 2. The second-order valence-corrected chi connectivity index (χ2v) is 4.58. The van der Waals surface area contributed by atoms with Crippen LogP contribution in [-0.2, 0) is 13.1 Å². The molecule has 0 bridgehead atoms. The lowest BCUT2D eigenvalue weighted by molar-refractivity contribution is 0.282. The summed E-state index contributed by atoms with van der Waals surface area (Å²) in [5.41, 5.74) is 1.34. The van der Waals surface area contributed by atoms with E-state index in [1.807, 2.05) is 0 Å². The molecule has 0 aliphatic rings. The van der Waals surface area contributed by atoms with Gasteiger partial charge >= 0.3 is 0 Å². The third-order valence-corrected chi connectivity index (χ3v) is 2.60. The zero-order valence-electron chi connectivity index (χ0n) is 10.4. The molecule has 0 saturated carbocycles. The Morgan fingerprint density at radius 3 is 2.81 bits per heavy atom. The Bertz CT molecular complexity index is 281. The molecule has 0 unspecified atom stereocenters. The van der Waals surface area contributed by atoms with Crippen molar-refractivity contribution in [3.63, 3.8) is 0 Å². The predicted molar refractivity (Wildman–Crippen MR) is 67.3 cm³/mol. The number of aryl methyl sites for hydroxylation is 1. The summed E-state index contributed by atoms with van der Waals surface area (Å²) in [6, 6.07) is 2.70. The molecule has 0 fully saturated rings. The highest BCUT2D eigenvalue weighted by Gasteiger charge is 1.98. The van der Waals surface area contributed by atoms with Crippen LogP contribution in [-0.4, -0.2) is 22.3 Å². The zero-order chi connectivity index (χ0) is 11.8. The van der Waals surface area contributed by atoms with Gasteiger partial charge in [0, 0.05) is 38.1 Å². The minimum absolute atomic E-state index is 0.315. The molecular formula is C13H24N2O. The zero-order valence-corrected chi connectivity index (χ0v) is 10.4. The summed E-state index contributed by atoms with van der Waals surface area (Å²) < 4.78 is 2.23. The Morgan fingerprint density at radius 1 is 1.31 bits per heavy atom. The van der Waals surface area contributed by atoms with Crippen LogP contribution in [0.5, 0.6) is 0 Å². The van der Waals surface area contributed by atoms with Crippen molar-refractivity contribution in [2.24, 2.45) is 0 Å². The molecule has 0 radical (unpaired) electrons. The first-order valence-electron chi connectivity index (χ1n) is 6.21. The van der Waals surface area contributed by atoms with Gasteiger partial charge in [-0.25, -0.2) is 0 Å². The third-order valence-electron chi connectivity index (χ3n) is 2.60. The van der Waals surface area contributed by atoms with Crippen molar-refractivity contribution in [2.45, 2.75) is 52.2 Å². The minimum atomic E-state index is 0.315. The van der Waals surface area contributed by atoms with Crippen LogP contribution in [0.3, 0.4) is 0 Å². The Balaban J connectivity index is 2.22. The van der Waals surface area contributed by atoms with Crippen LogP contribution in [0.4, 0.5) is 0 Å². The fourth-order valence-corrected chi connectivity index (χ4v) is 1.64. The van der Waals surface area contributed by atoms with E-state index in [1.165, 1.54) is 5.56 Å². The predicted octanol–water partition coefficient (Wildman–Crippen LogP) is 2.15. The second kappa shape index (κ2) is 7.47. The average molecular weight is 224 g/mol. The number of aliphatic hydroxyl groups excluding tert-OH is 1. The maximum atomic E-state index is 8.67. The number of aliphatic hydroxyl groups is 1. The molecule has 0 aliphatic carbocycles. The standard InChI is InChI=1S/C13H24N2O/c1-12(2)14-10-13-6-8-15(11-13)7-4-3-5-9-16/h6,8,11-12,14,16H,3-5,7,9-10H2,1-2H3. The summed E-state index contributed by atoms with van der Waals surface area (Å²) in [7, 11) is 0. The molecule has 1 rings (SSSR count). The lowest BCUT2D eigenvalue weighted by Gasteiger charge is -2.06. The summed E-state index contributed by atoms with van der Waals surface area (Å²) in [4.78, 5) is 0. The van der Waals surface area contributed by atoms with Crippen molar-refractivity contribution in [3.8, 4) is 0 Å². The molecule has 3 heteroatoms. The first kappa shape index (κ1) is 13.3. The van der Waals surface area contributed by atoms with Crippen molar-refractivity contribution >= 4 is 0 Å². The molecule has 3 nitrogen and oxygen atoms in total. The van der Waals surface area contributed by atoms with E-state index < -0.39 is 0 Å². The minimum Gasteiger partial charge on any atom is -0.396 e. The van der Waals surface area contributed by atoms with Gasteiger partial charge in [-0.1, -0.05) is 13.8 Å². The van der Waals surface area contributed by atoms with Crippen LogP contribution in [0.1, 0.15) is 38.7 Å². The number of rotatable bonds is 8. The fraction of sp³-hybridized carbons (Fsp3) is 0.692. The van der Waals surface area contributed by atoms with Crippen LogP contribution in [0.25, 0.3) is 0 Å². The third kappa shape index (κ3) is 5.33. The Hall–Kier alpha value is -0.800. The highest BCUT2D eigenvalue weighted by atomic mass is 16.2. The van der Waals surface area contributed by atoms with Crippen molar-refractivity contribution in [2.75, 3.05) is 6.61 Å². The van der Waals surface area contributed by atoms with E-state index in [0.29, 0.717) is 12.6 Å².